The largest absolute Gasteiger partial charge is 0.372 e. The lowest BCUT2D eigenvalue weighted by molar-refractivity contribution is 0.0543. The van der Waals surface area contributed by atoms with Gasteiger partial charge in [-0.1, -0.05) is 36.4 Å². The van der Waals surface area contributed by atoms with Crippen LogP contribution in [0.5, 0.6) is 0 Å². The van der Waals surface area contributed by atoms with E-state index in [1.54, 1.807) is 6.07 Å². The fraction of sp³-hybridized carbons (Fsp3) is 0.294. The third-order valence-electron chi connectivity index (χ3n) is 3.64. The Morgan fingerprint density at radius 1 is 1.15 bits per heavy atom. The summed E-state index contributed by atoms with van der Waals surface area (Å²) in [5, 5.41) is 3.27. The maximum Gasteiger partial charge on any atom is 0.123 e. The molecule has 1 aliphatic rings. The summed E-state index contributed by atoms with van der Waals surface area (Å²) >= 11 is 0. The van der Waals surface area contributed by atoms with Crippen molar-refractivity contribution in [1.29, 1.82) is 0 Å². The summed E-state index contributed by atoms with van der Waals surface area (Å²) in [7, 11) is 0. The van der Waals surface area contributed by atoms with Gasteiger partial charge in [-0.2, -0.15) is 0 Å². The number of hydrogen-bond acceptors (Lipinski definition) is 2. The summed E-state index contributed by atoms with van der Waals surface area (Å²) in [4.78, 5) is 0. The lowest BCUT2D eigenvalue weighted by Crippen LogP contribution is -2.16. The molecule has 3 rings (SSSR count). The summed E-state index contributed by atoms with van der Waals surface area (Å²) < 4.78 is 19.4. The van der Waals surface area contributed by atoms with E-state index in [4.69, 9.17) is 4.74 Å². The van der Waals surface area contributed by atoms with Crippen molar-refractivity contribution in [1.82, 2.24) is 5.32 Å². The van der Waals surface area contributed by atoms with Crippen LogP contribution in [0.2, 0.25) is 0 Å². The zero-order valence-electron chi connectivity index (χ0n) is 11.3. The smallest absolute Gasteiger partial charge is 0.123 e. The molecule has 1 aliphatic heterocycles. The van der Waals surface area contributed by atoms with Crippen LogP contribution >= 0.6 is 0 Å². The van der Waals surface area contributed by atoms with E-state index in [1.165, 1.54) is 6.07 Å². The van der Waals surface area contributed by atoms with Crippen LogP contribution < -0.4 is 5.32 Å². The number of rotatable bonds is 4. The zero-order chi connectivity index (χ0) is 13.8. The van der Waals surface area contributed by atoms with Gasteiger partial charge in [-0.05, 0) is 41.8 Å². The molecule has 0 aromatic heterocycles. The first-order chi connectivity index (χ1) is 9.83. The highest BCUT2D eigenvalue weighted by atomic mass is 19.1. The summed E-state index contributed by atoms with van der Waals surface area (Å²) in [6, 6.07) is 14.9. The first-order valence-electron chi connectivity index (χ1n) is 6.99. The van der Waals surface area contributed by atoms with Crippen molar-refractivity contribution in [3.63, 3.8) is 0 Å². The van der Waals surface area contributed by atoms with Crippen LogP contribution in [0.1, 0.15) is 12.0 Å². The van der Waals surface area contributed by atoms with Crippen LogP contribution in [0.3, 0.4) is 0 Å². The van der Waals surface area contributed by atoms with E-state index in [0.717, 1.165) is 36.2 Å². The van der Waals surface area contributed by atoms with E-state index in [1.807, 2.05) is 36.4 Å². The van der Waals surface area contributed by atoms with E-state index in [-0.39, 0.29) is 11.9 Å². The van der Waals surface area contributed by atoms with Gasteiger partial charge in [-0.25, -0.2) is 4.39 Å². The first-order valence-corrected chi connectivity index (χ1v) is 6.99. The third kappa shape index (κ3) is 3.06. The molecule has 1 fully saturated rings. The summed E-state index contributed by atoms with van der Waals surface area (Å²) in [6.07, 6.45) is 1.26. The normalized spacial score (nSPS) is 18.4. The van der Waals surface area contributed by atoms with E-state index in [9.17, 15) is 4.39 Å². The minimum atomic E-state index is -0.215. The molecule has 104 valence electrons. The van der Waals surface area contributed by atoms with Crippen molar-refractivity contribution in [2.24, 2.45) is 0 Å². The molecule has 1 unspecified atom stereocenters. The SMILES string of the molecule is Fc1ccc(-c2ccccc2)c(COC2CCNC2)c1. The van der Waals surface area contributed by atoms with Gasteiger partial charge in [0, 0.05) is 6.54 Å². The molecule has 0 amide bonds. The minimum Gasteiger partial charge on any atom is -0.372 e. The Balaban J connectivity index is 1.82. The van der Waals surface area contributed by atoms with Gasteiger partial charge in [0.05, 0.1) is 12.7 Å². The summed E-state index contributed by atoms with van der Waals surface area (Å²) in [5.74, 6) is -0.215. The number of hydrogen-bond donors (Lipinski definition) is 1. The van der Waals surface area contributed by atoms with Crippen LogP contribution in [0, 0.1) is 5.82 Å². The highest BCUT2D eigenvalue weighted by Gasteiger charge is 2.16. The minimum absolute atomic E-state index is 0.215. The van der Waals surface area contributed by atoms with E-state index in [0.29, 0.717) is 6.61 Å². The fourth-order valence-electron chi connectivity index (χ4n) is 2.56. The maximum atomic E-state index is 13.5. The quantitative estimate of drug-likeness (QED) is 0.920. The molecule has 0 bridgehead atoms. The Bertz CT molecular complexity index is 564. The van der Waals surface area contributed by atoms with Gasteiger partial charge < -0.3 is 10.1 Å². The van der Waals surface area contributed by atoms with Gasteiger partial charge in [0.2, 0.25) is 0 Å². The van der Waals surface area contributed by atoms with Crippen molar-refractivity contribution in [2.45, 2.75) is 19.1 Å². The predicted octanol–water partition coefficient (Wildman–Crippen LogP) is 3.37. The molecule has 1 saturated heterocycles. The molecule has 20 heavy (non-hydrogen) atoms. The predicted molar refractivity (Wildman–Crippen MR) is 77.9 cm³/mol. The Morgan fingerprint density at radius 2 is 2.00 bits per heavy atom. The van der Waals surface area contributed by atoms with Crippen LogP contribution in [-0.4, -0.2) is 19.2 Å². The van der Waals surface area contributed by atoms with Crippen molar-refractivity contribution < 1.29 is 9.13 Å². The molecule has 3 heteroatoms. The van der Waals surface area contributed by atoms with Crippen LogP contribution in [0.4, 0.5) is 4.39 Å². The van der Waals surface area contributed by atoms with Crippen molar-refractivity contribution >= 4 is 0 Å². The molecule has 0 aliphatic carbocycles. The number of ether oxygens (including phenoxy) is 1. The second-order valence-corrected chi connectivity index (χ2v) is 5.09. The van der Waals surface area contributed by atoms with E-state index < -0.39 is 0 Å². The van der Waals surface area contributed by atoms with Crippen LogP contribution in [0.25, 0.3) is 11.1 Å². The average Bonchev–Trinajstić information content (AvgIpc) is 2.99. The molecule has 0 spiro atoms. The molecule has 1 atom stereocenters. The molecule has 1 N–H and O–H groups in total. The monoisotopic (exact) mass is 271 g/mol. The molecule has 0 saturated carbocycles. The number of halogens is 1. The second-order valence-electron chi connectivity index (χ2n) is 5.09. The van der Waals surface area contributed by atoms with E-state index >= 15 is 0 Å². The van der Waals surface area contributed by atoms with Gasteiger partial charge in [-0.15, -0.1) is 0 Å². The maximum absolute atomic E-state index is 13.5. The van der Waals surface area contributed by atoms with Gasteiger partial charge in [-0.3, -0.25) is 0 Å². The van der Waals surface area contributed by atoms with Gasteiger partial charge in [0.25, 0.3) is 0 Å². The van der Waals surface area contributed by atoms with Gasteiger partial charge >= 0.3 is 0 Å². The van der Waals surface area contributed by atoms with Crippen molar-refractivity contribution in [3.8, 4) is 11.1 Å². The standard InChI is InChI=1S/C17H18FNO/c18-15-6-7-17(13-4-2-1-3-5-13)14(10-15)12-20-16-8-9-19-11-16/h1-7,10,16,19H,8-9,11-12H2. The van der Waals surface area contributed by atoms with E-state index in [2.05, 4.69) is 5.32 Å². The summed E-state index contributed by atoms with van der Waals surface area (Å²) in [5.41, 5.74) is 3.04. The molecular weight excluding hydrogens is 253 g/mol. The highest BCUT2D eigenvalue weighted by Crippen LogP contribution is 2.25. The molecular formula is C17H18FNO. The average molecular weight is 271 g/mol. The second kappa shape index (κ2) is 6.16. The van der Waals surface area contributed by atoms with Crippen molar-refractivity contribution in [2.75, 3.05) is 13.1 Å². The van der Waals surface area contributed by atoms with Crippen LogP contribution in [0.15, 0.2) is 48.5 Å². The first kappa shape index (κ1) is 13.3. The Kier molecular flexibility index (Phi) is 4.09. The number of nitrogens with one attached hydrogen (secondary N) is 1. The summed E-state index contributed by atoms with van der Waals surface area (Å²) in [6.45, 7) is 2.34. The van der Waals surface area contributed by atoms with Crippen LogP contribution in [-0.2, 0) is 11.3 Å². The van der Waals surface area contributed by atoms with Crippen molar-refractivity contribution in [3.05, 3.63) is 59.9 Å². The lowest BCUT2D eigenvalue weighted by Gasteiger charge is -2.14. The Labute approximate surface area is 118 Å². The Morgan fingerprint density at radius 3 is 2.75 bits per heavy atom. The third-order valence-corrected chi connectivity index (χ3v) is 3.64. The lowest BCUT2D eigenvalue weighted by atomic mass is 10.00. The van der Waals surface area contributed by atoms with Gasteiger partial charge in [0.1, 0.15) is 5.82 Å². The molecule has 2 nitrogen and oxygen atoms in total. The molecule has 2 aromatic carbocycles. The number of benzene rings is 2. The van der Waals surface area contributed by atoms with Gasteiger partial charge in [0.15, 0.2) is 0 Å². The molecule has 2 aromatic rings. The molecule has 1 heterocycles. The fourth-order valence-corrected chi connectivity index (χ4v) is 2.56. The Hall–Kier alpha value is -1.71. The molecule has 0 radical (unpaired) electrons. The zero-order valence-corrected chi connectivity index (χ0v) is 11.3. The topological polar surface area (TPSA) is 21.3 Å². The highest BCUT2D eigenvalue weighted by molar-refractivity contribution is 5.67.